The van der Waals surface area contributed by atoms with E-state index >= 15 is 0 Å². The monoisotopic (exact) mass is 414 g/mol. The molecule has 8 heteroatoms. The highest BCUT2D eigenvalue weighted by Crippen LogP contribution is 2.68. The smallest absolute Gasteiger partial charge is 0.336 e. The molecule has 2 N–H and O–H groups in total. The van der Waals surface area contributed by atoms with Crippen LogP contribution in [-0.4, -0.2) is 55.9 Å². The Morgan fingerprint density at radius 3 is 2.10 bits per heavy atom. The predicted molar refractivity (Wildman–Crippen MR) is 108 cm³/mol. The average molecular weight is 414 g/mol. The molecule has 0 spiro atoms. The lowest BCUT2D eigenvalue weighted by molar-refractivity contribution is -0.292. The number of ether oxygens (including phenoxy) is 2. The lowest BCUT2D eigenvalue weighted by atomic mass is 10.0. The van der Waals surface area contributed by atoms with Crippen LogP contribution in [-0.2, 0) is 32.2 Å². The largest absolute Gasteiger partial charge is 0.438 e. The van der Waals surface area contributed by atoms with Crippen molar-refractivity contribution in [3.63, 3.8) is 0 Å². The molecule has 3 aliphatic heterocycles. The molecular weight excluding hydrogens is 388 g/mol. The van der Waals surface area contributed by atoms with Crippen LogP contribution >= 0.6 is 0 Å². The van der Waals surface area contributed by atoms with Gasteiger partial charge >= 0.3 is 11.9 Å². The molecular formula is C22H26N2O6. The van der Waals surface area contributed by atoms with Gasteiger partial charge < -0.3 is 19.7 Å². The number of esters is 2. The van der Waals surface area contributed by atoms with Gasteiger partial charge in [-0.05, 0) is 38.8 Å². The maximum atomic E-state index is 12.2. The molecule has 4 atom stereocenters. The van der Waals surface area contributed by atoms with Crippen LogP contribution in [0, 0.1) is 13.8 Å². The maximum absolute atomic E-state index is 12.2. The molecule has 0 aromatic heterocycles. The van der Waals surface area contributed by atoms with E-state index in [0.717, 1.165) is 11.1 Å². The van der Waals surface area contributed by atoms with Crippen molar-refractivity contribution in [1.82, 2.24) is 9.80 Å². The van der Waals surface area contributed by atoms with Crippen molar-refractivity contribution < 1.29 is 29.3 Å². The summed E-state index contributed by atoms with van der Waals surface area (Å²) in [6.45, 7) is 17.2. The standard InChI is InChI=1S/C19H20N2O5.C3H6O/c1-11(2)15(22)25-17-18(24)19(26-16(23)12(3)4)20(17)9-13-7-5-6-8-14(13)10-21(18)19;1-3(2)4/h5-8,17,24H,1,3,9-10H2,2,4H3;3-4H,1-2H2. The Morgan fingerprint density at radius 2 is 1.60 bits per heavy atom. The first kappa shape index (κ1) is 22.2. The summed E-state index contributed by atoms with van der Waals surface area (Å²) in [5, 5.41) is 19.0. The van der Waals surface area contributed by atoms with Gasteiger partial charge in [0.05, 0.1) is 6.10 Å². The molecule has 2 radical (unpaired) electrons. The molecule has 4 unspecified atom stereocenters. The second-order valence-electron chi connectivity index (χ2n) is 7.68. The first-order chi connectivity index (χ1) is 14.0. The van der Waals surface area contributed by atoms with E-state index in [1.807, 2.05) is 24.3 Å². The van der Waals surface area contributed by atoms with Crippen molar-refractivity contribution in [3.8, 4) is 0 Å². The van der Waals surface area contributed by atoms with E-state index in [1.165, 1.54) is 6.92 Å². The van der Waals surface area contributed by atoms with Crippen molar-refractivity contribution in [3.05, 3.63) is 73.5 Å². The predicted octanol–water partition coefficient (Wildman–Crippen LogP) is 1.25. The van der Waals surface area contributed by atoms with Crippen LogP contribution in [0.1, 0.15) is 25.0 Å². The van der Waals surface area contributed by atoms with Crippen LogP contribution < -0.4 is 0 Å². The van der Waals surface area contributed by atoms with Crippen molar-refractivity contribution in [1.29, 1.82) is 0 Å². The van der Waals surface area contributed by atoms with Gasteiger partial charge in [-0.25, -0.2) is 19.4 Å². The van der Waals surface area contributed by atoms with Gasteiger partial charge in [-0.15, -0.1) is 0 Å². The quantitative estimate of drug-likeness (QED) is 0.432. The molecule has 30 heavy (non-hydrogen) atoms. The zero-order chi connectivity index (χ0) is 22.4. The van der Waals surface area contributed by atoms with Crippen LogP contribution in [0.4, 0.5) is 0 Å². The zero-order valence-electron chi connectivity index (χ0n) is 17.1. The van der Waals surface area contributed by atoms with Crippen molar-refractivity contribution in [2.75, 3.05) is 0 Å². The Labute approximate surface area is 176 Å². The number of carbonyl (C=O) groups excluding carboxylic acids is 2. The summed E-state index contributed by atoms with van der Waals surface area (Å²) in [6.07, 6.45) is -1.61. The SMILES string of the molecule is C=C(C)C(=O)OC1N2Cc3ccccc3CN3C1(O)C23OC(=O)C(=C)C.[CH2]C([CH2])O. The van der Waals surface area contributed by atoms with Gasteiger partial charge in [0.1, 0.15) is 0 Å². The first-order valence-corrected chi connectivity index (χ1v) is 9.40. The molecule has 0 aliphatic carbocycles. The number of rotatable bonds is 4. The molecule has 1 aromatic carbocycles. The number of hydrogen-bond donors (Lipinski definition) is 2. The normalized spacial score (nSPS) is 30.4. The fraction of sp³-hybridized carbons (Fsp3) is 0.364. The zero-order valence-corrected chi connectivity index (χ0v) is 17.1. The van der Waals surface area contributed by atoms with Crippen LogP contribution in [0.3, 0.4) is 0 Å². The summed E-state index contributed by atoms with van der Waals surface area (Å²) < 4.78 is 11.1. The van der Waals surface area contributed by atoms with Crippen molar-refractivity contribution >= 4 is 11.9 Å². The van der Waals surface area contributed by atoms with E-state index in [2.05, 4.69) is 27.0 Å². The van der Waals surface area contributed by atoms with E-state index in [9.17, 15) is 14.7 Å². The molecule has 2 fully saturated rings. The molecule has 0 bridgehead atoms. The molecule has 160 valence electrons. The van der Waals surface area contributed by atoms with Gasteiger partial charge in [0, 0.05) is 24.2 Å². The number of hydrogen-bond acceptors (Lipinski definition) is 8. The minimum atomic E-state index is -1.59. The third kappa shape index (κ3) is 3.26. The summed E-state index contributed by atoms with van der Waals surface area (Å²) in [5.74, 6) is -2.55. The maximum Gasteiger partial charge on any atom is 0.336 e. The topological polar surface area (TPSA) is 99.3 Å². The molecule has 0 saturated carbocycles. The van der Waals surface area contributed by atoms with E-state index in [-0.39, 0.29) is 11.1 Å². The van der Waals surface area contributed by atoms with E-state index < -0.39 is 35.8 Å². The Kier molecular flexibility index (Phi) is 5.64. The molecule has 8 nitrogen and oxygen atoms in total. The average Bonchev–Trinajstić information content (AvgIpc) is 3.14. The fourth-order valence-corrected chi connectivity index (χ4v) is 3.75. The molecule has 1 aromatic rings. The van der Waals surface area contributed by atoms with Crippen LogP contribution in [0.5, 0.6) is 0 Å². The van der Waals surface area contributed by atoms with E-state index in [0.29, 0.717) is 13.1 Å². The molecule has 3 aliphatic rings. The number of aliphatic hydroxyl groups is 2. The third-order valence-electron chi connectivity index (χ3n) is 5.16. The second-order valence-corrected chi connectivity index (χ2v) is 7.68. The third-order valence-corrected chi connectivity index (χ3v) is 5.16. The highest BCUT2D eigenvalue weighted by atomic mass is 16.7. The molecule has 2 saturated heterocycles. The first-order valence-electron chi connectivity index (χ1n) is 9.40. The molecule has 0 amide bonds. The number of carbonyl (C=O) groups is 2. The van der Waals surface area contributed by atoms with Crippen molar-refractivity contribution in [2.24, 2.45) is 0 Å². The highest BCUT2D eigenvalue weighted by molar-refractivity contribution is 5.88. The Hall–Kier alpha value is -2.52. The van der Waals surface area contributed by atoms with Gasteiger partial charge in [0.15, 0.2) is 0 Å². The van der Waals surface area contributed by atoms with Gasteiger partial charge in [-0.3, -0.25) is 0 Å². The number of fused-ring (bicyclic) bond motifs is 2. The van der Waals surface area contributed by atoms with Crippen LogP contribution in [0.2, 0.25) is 0 Å². The number of aliphatic hydroxyl groups excluding tert-OH is 1. The minimum Gasteiger partial charge on any atom is -0.438 e. The van der Waals surface area contributed by atoms with Gasteiger partial charge in [0.2, 0.25) is 12.0 Å². The van der Waals surface area contributed by atoms with Gasteiger partial charge in [0.25, 0.3) is 5.85 Å². The second kappa shape index (κ2) is 7.63. The minimum absolute atomic E-state index is 0.229. The van der Waals surface area contributed by atoms with Gasteiger partial charge in [-0.1, -0.05) is 37.4 Å². The number of nitrogens with zero attached hydrogens (tertiary/aromatic N) is 2. The summed E-state index contributed by atoms with van der Waals surface area (Å²) in [5.41, 5.74) is 0.911. The van der Waals surface area contributed by atoms with Crippen molar-refractivity contribution in [2.45, 2.75) is 50.8 Å². The van der Waals surface area contributed by atoms with E-state index in [1.54, 1.807) is 16.7 Å². The Morgan fingerprint density at radius 1 is 1.10 bits per heavy atom. The lowest BCUT2D eigenvalue weighted by Gasteiger charge is -2.46. The summed E-state index contributed by atoms with van der Waals surface area (Å²) in [7, 11) is 0. The Balaban J connectivity index is 0.000000589. The summed E-state index contributed by atoms with van der Waals surface area (Å²) in [4.78, 5) is 27.5. The van der Waals surface area contributed by atoms with Crippen LogP contribution in [0.15, 0.2) is 48.6 Å². The number of benzene rings is 1. The summed E-state index contributed by atoms with van der Waals surface area (Å²) in [6, 6.07) is 7.75. The lowest BCUT2D eigenvalue weighted by Crippen LogP contribution is -2.69. The van der Waals surface area contributed by atoms with Crippen LogP contribution in [0.25, 0.3) is 0 Å². The Bertz CT molecular complexity index is 910. The fourth-order valence-electron chi connectivity index (χ4n) is 3.75. The highest BCUT2D eigenvalue weighted by Gasteiger charge is 2.96. The molecule has 4 rings (SSSR count). The van der Waals surface area contributed by atoms with Gasteiger partial charge in [-0.2, -0.15) is 0 Å². The molecule has 3 heterocycles. The summed E-state index contributed by atoms with van der Waals surface area (Å²) >= 11 is 0. The van der Waals surface area contributed by atoms with E-state index in [4.69, 9.17) is 14.6 Å².